The highest BCUT2D eigenvalue weighted by Crippen LogP contribution is 2.48. The highest BCUT2D eigenvalue weighted by atomic mass is 31.2. The van der Waals surface area contributed by atoms with E-state index < -0.39 is 14.0 Å². The van der Waals surface area contributed by atoms with E-state index in [-0.39, 0.29) is 25.4 Å². The summed E-state index contributed by atoms with van der Waals surface area (Å²) in [4.78, 5) is 12.1. The molecule has 0 saturated carbocycles. The molecule has 1 unspecified atom stereocenters. The zero-order chi connectivity index (χ0) is 16.9. The molecule has 0 aliphatic carbocycles. The number of anilines is 1. The minimum Gasteiger partial charge on any atom is -0.382 e. The van der Waals surface area contributed by atoms with Crippen LogP contribution in [0.5, 0.6) is 0 Å². The molecule has 0 aromatic carbocycles. The van der Waals surface area contributed by atoms with Gasteiger partial charge in [0.15, 0.2) is 17.8 Å². The number of hydrogen-bond acceptors (Lipinski definition) is 9. The van der Waals surface area contributed by atoms with Crippen LogP contribution in [0.1, 0.15) is 20.3 Å². The summed E-state index contributed by atoms with van der Waals surface area (Å²) in [6.07, 6.45) is 1.58. The predicted octanol–water partition coefficient (Wildman–Crippen LogP) is 1.75. The fourth-order valence-corrected chi connectivity index (χ4v) is 3.27. The largest absolute Gasteiger partial charge is 0.382 e. The highest BCUT2D eigenvalue weighted by molar-refractivity contribution is 7.53. The number of rotatable bonds is 9. The lowest BCUT2D eigenvalue weighted by molar-refractivity contribution is -0.163. The smallest absolute Gasteiger partial charge is 0.356 e. The van der Waals surface area contributed by atoms with Gasteiger partial charge in [-0.1, -0.05) is 0 Å². The maximum atomic E-state index is 12.4. The Labute approximate surface area is 133 Å². The van der Waals surface area contributed by atoms with Crippen molar-refractivity contribution in [3.05, 3.63) is 12.7 Å². The highest BCUT2D eigenvalue weighted by Gasteiger charge is 2.27. The van der Waals surface area contributed by atoms with Gasteiger partial charge in [-0.2, -0.15) is 0 Å². The number of nitrogen functional groups attached to an aromatic ring is 1. The van der Waals surface area contributed by atoms with Crippen LogP contribution in [0.25, 0.3) is 11.2 Å². The molecule has 0 radical (unpaired) electrons. The Hall–Kier alpha value is -1.58. The molecule has 0 saturated heterocycles. The van der Waals surface area contributed by atoms with Gasteiger partial charge in [0.2, 0.25) is 6.41 Å². The number of methoxy groups -OCH3 is 1. The Kier molecular flexibility index (Phi) is 6.03. The molecular weight excluding hydrogens is 325 g/mol. The molecule has 128 valence electrons. The van der Waals surface area contributed by atoms with Gasteiger partial charge in [0.05, 0.1) is 13.2 Å². The standard InChI is InChI=1S/C12H20N5O5P/c1-4-21-23(18,22-5-2)8-20-12(19-3)17-7-16-9-10(13)14-6-15-11(9)17/h6-7,12H,4-5,8H2,1-3H3,(H2,13,14,15). The first-order valence-corrected chi connectivity index (χ1v) is 8.73. The van der Waals surface area contributed by atoms with Crippen molar-refractivity contribution < 1.29 is 23.1 Å². The number of nitrogens with zero attached hydrogens (tertiary/aromatic N) is 4. The molecule has 2 heterocycles. The van der Waals surface area contributed by atoms with Gasteiger partial charge < -0.3 is 24.3 Å². The molecule has 0 bridgehead atoms. The minimum absolute atomic E-state index is 0.246. The fourth-order valence-electron chi connectivity index (χ4n) is 1.95. The lowest BCUT2D eigenvalue weighted by Gasteiger charge is -2.21. The fraction of sp³-hybridized carbons (Fsp3) is 0.583. The number of imidazole rings is 1. The van der Waals surface area contributed by atoms with E-state index in [1.807, 2.05) is 0 Å². The maximum Gasteiger partial charge on any atom is 0.356 e. The van der Waals surface area contributed by atoms with Gasteiger partial charge in [-0.25, -0.2) is 15.0 Å². The lowest BCUT2D eigenvalue weighted by Crippen LogP contribution is -2.16. The first kappa shape index (κ1) is 17.8. The van der Waals surface area contributed by atoms with Gasteiger partial charge >= 0.3 is 7.60 Å². The molecule has 2 aromatic heterocycles. The van der Waals surface area contributed by atoms with Crippen molar-refractivity contribution in [2.45, 2.75) is 20.3 Å². The first-order chi connectivity index (χ1) is 11.0. The zero-order valence-electron chi connectivity index (χ0n) is 13.2. The van der Waals surface area contributed by atoms with Crippen LogP contribution in [0.15, 0.2) is 12.7 Å². The Bertz CT molecular complexity index is 684. The molecule has 2 N–H and O–H groups in total. The van der Waals surface area contributed by atoms with Crippen molar-refractivity contribution in [2.75, 3.05) is 32.4 Å². The summed E-state index contributed by atoms with van der Waals surface area (Å²) >= 11 is 0. The summed E-state index contributed by atoms with van der Waals surface area (Å²) in [5, 5.41) is 0. The first-order valence-electron chi connectivity index (χ1n) is 7.00. The molecule has 0 spiro atoms. The molecule has 1 atom stereocenters. The van der Waals surface area contributed by atoms with Gasteiger partial charge in [0.25, 0.3) is 0 Å². The molecule has 0 fully saturated rings. The van der Waals surface area contributed by atoms with Crippen LogP contribution in [-0.4, -0.2) is 46.2 Å². The third kappa shape index (κ3) is 4.04. The number of nitrogens with two attached hydrogens (primary N) is 1. The second-order valence-electron chi connectivity index (χ2n) is 4.37. The Balaban J connectivity index is 2.19. The van der Waals surface area contributed by atoms with Crippen molar-refractivity contribution in [1.29, 1.82) is 0 Å². The van der Waals surface area contributed by atoms with Crippen LogP contribution in [0.4, 0.5) is 5.82 Å². The molecule has 23 heavy (non-hydrogen) atoms. The number of aromatic nitrogens is 4. The van der Waals surface area contributed by atoms with Gasteiger partial charge in [-0.15, -0.1) is 0 Å². The van der Waals surface area contributed by atoms with E-state index in [9.17, 15) is 4.57 Å². The third-order valence-corrected chi connectivity index (χ3v) is 4.61. The lowest BCUT2D eigenvalue weighted by atomic mass is 10.5. The van der Waals surface area contributed by atoms with Gasteiger partial charge in [-0.3, -0.25) is 9.13 Å². The summed E-state index contributed by atoms with van der Waals surface area (Å²) in [5.41, 5.74) is 6.60. The summed E-state index contributed by atoms with van der Waals surface area (Å²) in [5.74, 6) is 0.248. The summed E-state index contributed by atoms with van der Waals surface area (Å²) in [7, 11) is -1.91. The van der Waals surface area contributed by atoms with Crippen molar-refractivity contribution in [3.8, 4) is 0 Å². The normalized spacial score (nSPS) is 13.5. The van der Waals surface area contributed by atoms with E-state index >= 15 is 0 Å². The van der Waals surface area contributed by atoms with Crippen LogP contribution in [0, 0.1) is 0 Å². The van der Waals surface area contributed by atoms with Gasteiger partial charge in [-0.05, 0) is 13.8 Å². The van der Waals surface area contributed by atoms with Crippen LogP contribution >= 0.6 is 7.60 Å². The minimum atomic E-state index is -3.35. The van der Waals surface area contributed by atoms with Crippen LogP contribution < -0.4 is 5.73 Å². The second kappa shape index (κ2) is 7.80. The van der Waals surface area contributed by atoms with Crippen LogP contribution in [0.3, 0.4) is 0 Å². The van der Waals surface area contributed by atoms with Crippen molar-refractivity contribution in [3.63, 3.8) is 0 Å². The monoisotopic (exact) mass is 345 g/mol. The molecule has 0 aliphatic heterocycles. The predicted molar refractivity (Wildman–Crippen MR) is 82.6 cm³/mol. The molecule has 2 aromatic rings. The summed E-state index contributed by atoms with van der Waals surface area (Å²) in [6, 6.07) is 0. The molecule has 0 amide bonds. The Morgan fingerprint density at radius 3 is 2.57 bits per heavy atom. The number of fused-ring (bicyclic) bond motifs is 1. The topological polar surface area (TPSA) is 124 Å². The summed E-state index contributed by atoms with van der Waals surface area (Å²) in [6.45, 7) is 3.94. The average Bonchev–Trinajstić information content (AvgIpc) is 2.94. The third-order valence-electron chi connectivity index (χ3n) is 2.84. The van der Waals surface area contributed by atoms with E-state index in [4.69, 9.17) is 24.3 Å². The maximum absolute atomic E-state index is 12.4. The number of hydrogen-bond donors (Lipinski definition) is 1. The summed E-state index contributed by atoms with van der Waals surface area (Å²) < 4.78 is 35.1. The zero-order valence-corrected chi connectivity index (χ0v) is 14.1. The van der Waals surface area contributed by atoms with E-state index in [1.54, 1.807) is 13.8 Å². The van der Waals surface area contributed by atoms with Crippen LogP contribution in [-0.2, 0) is 23.1 Å². The molecule has 2 rings (SSSR count). The Morgan fingerprint density at radius 1 is 1.26 bits per heavy atom. The number of ether oxygens (including phenoxy) is 2. The van der Waals surface area contributed by atoms with E-state index in [1.165, 1.54) is 24.3 Å². The average molecular weight is 345 g/mol. The molecule has 0 aliphatic rings. The van der Waals surface area contributed by atoms with Crippen molar-refractivity contribution in [1.82, 2.24) is 19.5 Å². The van der Waals surface area contributed by atoms with Gasteiger partial charge in [0.1, 0.15) is 18.2 Å². The molecule has 10 nitrogen and oxygen atoms in total. The molecule has 11 heteroatoms. The molecular formula is C12H20N5O5P. The Morgan fingerprint density at radius 2 is 1.96 bits per heavy atom. The van der Waals surface area contributed by atoms with Crippen molar-refractivity contribution in [2.24, 2.45) is 0 Å². The van der Waals surface area contributed by atoms with Crippen LogP contribution in [0.2, 0.25) is 0 Å². The SMILES string of the molecule is CCOP(=O)(COC(OC)n1cnc2c(N)ncnc21)OCC. The van der Waals surface area contributed by atoms with Gasteiger partial charge in [0, 0.05) is 7.11 Å². The van der Waals surface area contributed by atoms with E-state index in [0.717, 1.165) is 0 Å². The van der Waals surface area contributed by atoms with E-state index in [2.05, 4.69) is 15.0 Å². The van der Waals surface area contributed by atoms with Crippen molar-refractivity contribution >= 4 is 24.6 Å². The van der Waals surface area contributed by atoms with E-state index in [0.29, 0.717) is 11.2 Å². The second-order valence-corrected chi connectivity index (χ2v) is 6.36. The quantitative estimate of drug-likeness (QED) is 0.534.